The van der Waals surface area contributed by atoms with Crippen molar-refractivity contribution in [2.45, 2.75) is 82.2 Å². The van der Waals surface area contributed by atoms with Crippen LogP contribution in [0.15, 0.2) is 36.5 Å². The van der Waals surface area contributed by atoms with E-state index < -0.39 is 11.4 Å². The van der Waals surface area contributed by atoms with E-state index in [1.165, 1.54) is 7.11 Å². The minimum Gasteiger partial charge on any atom is -0.468 e. The van der Waals surface area contributed by atoms with Crippen LogP contribution in [0.2, 0.25) is 5.02 Å². The fraction of sp³-hybridized carbons (Fsp3) is 0.538. The first-order chi connectivity index (χ1) is 25.5. The Balaban J connectivity index is 1.21. The van der Waals surface area contributed by atoms with Crippen LogP contribution in [0.25, 0.3) is 32.9 Å². The smallest absolute Gasteiger partial charge is 0.410 e. The number of piperazine rings is 1. The van der Waals surface area contributed by atoms with Crippen LogP contribution in [-0.2, 0) is 14.2 Å². The summed E-state index contributed by atoms with van der Waals surface area (Å²) in [5.41, 5.74) is -0.184. The third-order valence-corrected chi connectivity index (χ3v) is 11.4. The van der Waals surface area contributed by atoms with Gasteiger partial charge in [0.1, 0.15) is 35.0 Å². The molecular weight excluding hydrogens is 703 g/mol. The van der Waals surface area contributed by atoms with Crippen molar-refractivity contribution in [1.29, 1.82) is 0 Å². The second-order valence-corrected chi connectivity index (χ2v) is 16.1. The van der Waals surface area contributed by atoms with Crippen LogP contribution in [0.4, 0.5) is 15.0 Å². The maximum absolute atomic E-state index is 17.2. The number of methoxy groups -OCH3 is 2. The van der Waals surface area contributed by atoms with Crippen molar-refractivity contribution in [2.24, 2.45) is 0 Å². The number of nitrogens with zero attached hydrogens (tertiary/aromatic N) is 6. The van der Waals surface area contributed by atoms with Crippen molar-refractivity contribution >= 4 is 45.2 Å². The van der Waals surface area contributed by atoms with Crippen LogP contribution in [0.1, 0.15) is 52.9 Å². The molecule has 0 aliphatic carbocycles. The van der Waals surface area contributed by atoms with Gasteiger partial charge in [-0.25, -0.2) is 9.18 Å². The second kappa shape index (κ2) is 14.0. The average molecular weight is 749 g/mol. The Hall–Kier alpha value is -4.04. The van der Waals surface area contributed by atoms with E-state index >= 15 is 4.39 Å². The van der Waals surface area contributed by atoms with Gasteiger partial charge in [0.2, 0.25) is 0 Å². The number of rotatable bonds is 9. The van der Waals surface area contributed by atoms with Gasteiger partial charge in [-0.15, -0.1) is 0 Å². The van der Waals surface area contributed by atoms with Gasteiger partial charge in [-0.3, -0.25) is 14.8 Å². The highest BCUT2D eigenvalue weighted by molar-refractivity contribution is 6.36. The number of hydrogen-bond acceptors (Lipinski definition) is 11. The molecule has 0 spiro atoms. The molecule has 6 heterocycles. The molecule has 4 aromatic rings. The molecule has 4 aliphatic rings. The van der Waals surface area contributed by atoms with E-state index in [1.54, 1.807) is 25.4 Å². The number of anilines is 1. The van der Waals surface area contributed by atoms with Gasteiger partial charge in [0.05, 0.1) is 29.1 Å². The molecule has 2 unspecified atom stereocenters. The van der Waals surface area contributed by atoms with Crippen LogP contribution in [0.3, 0.4) is 0 Å². The molecule has 53 heavy (non-hydrogen) atoms. The number of hydrogen-bond donors (Lipinski definition) is 0. The molecule has 0 radical (unpaired) electrons. The fourth-order valence-electron chi connectivity index (χ4n) is 8.78. The summed E-state index contributed by atoms with van der Waals surface area (Å²) >= 11 is 6.74. The molecule has 14 heteroatoms. The predicted octanol–water partition coefficient (Wildman–Crippen LogP) is 6.84. The van der Waals surface area contributed by atoms with Crippen LogP contribution >= 0.6 is 11.6 Å². The number of carbonyl (C=O) groups excluding carboxylic acids is 1. The Bertz CT molecular complexity index is 2030. The highest BCUT2D eigenvalue weighted by atomic mass is 35.5. The maximum Gasteiger partial charge on any atom is 0.410 e. The normalized spacial score (nSPS) is 24.3. The summed E-state index contributed by atoms with van der Waals surface area (Å²) in [6.45, 7) is 8.81. The standard InChI is InChI=1S/C39H46ClFN6O6/c1-38(2,3)53-37(48)47-24-10-11-25(47)19-45(18-24)35-29-17-42-33(28-15-26(52-22-49-4)14-23-8-6-9-30(40)31(23)28)32(41)34(29)43-36(44-35)51-21-39-12-7-13-46(39)20-27(16-39)50-5/h6,8-9,14-15,17,24-25,27H,7,10-13,16,18-22H2,1-5H3/t24-,25+,27?,39?. The monoisotopic (exact) mass is 748 g/mol. The van der Waals surface area contributed by atoms with Crippen LogP contribution in [0.5, 0.6) is 11.8 Å². The number of fused-ring (bicyclic) bond motifs is 5. The average Bonchev–Trinajstić information content (AvgIpc) is 3.76. The minimum atomic E-state index is -0.627. The lowest BCUT2D eigenvalue weighted by molar-refractivity contribution is 0.0122. The molecule has 8 rings (SSSR count). The number of aromatic nitrogens is 3. The van der Waals surface area contributed by atoms with Crippen molar-refractivity contribution in [1.82, 2.24) is 24.8 Å². The highest BCUT2D eigenvalue weighted by Gasteiger charge is 2.50. The Kier molecular flexibility index (Phi) is 9.49. The van der Waals surface area contributed by atoms with Crippen molar-refractivity contribution in [3.8, 4) is 23.0 Å². The third-order valence-electron chi connectivity index (χ3n) is 11.1. The summed E-state index contributed by atoms with van der Waals surface area (Å²) in [5, 5.41) is 2.31. The molecule has 0 N–H and O–H groups in total. The second-order valence-electron chi connectivity index (χ2n) is 15.7. The number of benzene rings is 2. The van der Waals surface area contributed by atoms with E-state index in [-0.39, 0.29) is 53.8 Å². The van der Waals surface area contributed by atoms with Crippen LogP contribution in [0, 0.1) is 5.82 Å². The van der Waals surface area contributed by atoms with E-state index in [0.29, 0.717) is 52.6 Å². The lowest BCUT2D eigenvalue weighted by Gasteiger charge is -2.42. The highest BCUT2D eigenvalue weighted by Crippen LogP contribution is 2.43. The molecule has 1 amide bonds. The number of amides is 1. The zero-order chi connectivity index (χ0) is 37.1. The van der Waals surface area contributed by atoms with E-state index in [4.69, 9.17) is 50.2 Å². The zero-order valence-corrected chi connectivity index (χ0v) is 31.6. The first-order valence-corrected chi connectivity index (χ1v) is 18.7. The number of ether oxygens (including phenoxy) is 5. The zero-order valence-electron chi connectivity index (χ0n) is 30.9. The van der Waals surface area contributed by atoms with E-state index in [0.717, 1.165) is 50.6 Å². The van der Waals surface area contributed by atoms with Gasteiger partial charge in [0, 0.05) is 56.0 Å². The lowest BCUT2D eigenvalue weighted by Crippen LogP contribution is -2.57. The number of halogens is 2. The van der Waals surface area contributed by atoms with Gasteiger partial charge in [-0.2, -0.15) is 9.97 Å². The largest absolute Gasteiger partial charge is 0.468 e. The van der Waals surface area contributed by atoms with Crippen molar-refractivity contribution < 1.29 is 32.9 Å². The van der Waals surface area contributed by atoms with Crippen molar-refractivity contribution in [3.05, 3.63) is 47.4 Å². The Morgan fingerprint density at radius 3 is 2.60 bits per heavy atom. The molecule has 2 bridgehead atoms. The topological polar surface area (TPSA) is 112 Å². The predicted molar refractivity (Wildman–Crippen MR) is 199 cm³/mol. The fourth-order valence-corrected chi connectivity index (χ4v) is 9.06. The molecule has 4 aliphatic heterocycles. The van der Waals surface area contributed by atoms with Crippen LogP contribution < -0.4 is 14.4 Å². The quantitative estimate of drug-likeness (QED) is 0.168. The van der Waals surface area contributed by atoms with Crippen molar-refractivity contribution in [2.75, 3.05) is 58.7 Å². The Morgan fingerprint density at radius 1 is 1.08 bits per heavy atom. The van der Waals surface area contributed by atoms with E-state index in [9.17, 15) is 4.79 Å². The van der Waals surface area contributed by atoms with E-state index in [1.807, 2.05) is 43.9 Å². The Labute approximate surface area is 313 Å². The maximum atomic E-state index is 17.2. The molecule has 2 aromatic carbocycles. The summed E-state index contributed by atoms with van der Waals surface area (Å²) in [6.07, 6.45) is 5.99. The molecule has 4 atom stereocenters. The summed E-state index contributed by atoms with van der Waals surface area (Å²) in [5.74, 6) is 0.373. The number of carbonyl (C=O) groups is 1. The molecule has 12 nitrogen and oxygen atoms in total. The Morgan fingerprint density at radius 2 is 1.87 bits per heavy atom. The molecule has 282 valence electrons. The molecule has 2 aromatic heterocycles. The van der Waals surface area contributed by atoms with Crippen molar-refractivity contribution in [3.63, 3.8) is 0 Å². The van der Waals surface area contributed by atoms with Gasteiger partial charge in [0.25, 0.3) is 0 Å². The molecular formula is C39H46ClFN6O6. The lowest BCUT2D eigenvalue weighted by atomic mass is 9.94. The van der Waals surface area contributed by atoms with Gasteiger partial charge in [0.15, 0.2) is 12.6 Å². The number of pyridine rings is 1. The van der Waals surface area contributed by atoms with Gasteiger partial charge < -0.3 is 28.6 Å². The molecule has 4 saturated heterocycles. The van der Waals surface area contributed by atoms with E-state index in [2.05, 4.69) is 9.80 Å². The molecule has 0 saturated carbocycles. The van der Waals surface area contributed by atoms with Gasteiger partial charge in [-0.05, 0) is 83.0 Å². The summed E-state index contributed by atoms with van der Waals surface area (Å²) < 4.78 is 46.2. The first kappa shape index (κ1) is 36.0. The first-order valence-electron chi connectivity index (χ1n) is 18.3. The van der Waals surface area contributed by atoms with Gasteiger partial charge in [-0.1, -0.05) is 23.7 Å². The van der Waals surface area contributed by atoms with Crippen LogP contribution in [-0.4, -0.2) is 114 Å². The minimum absolute atomic E-state index is 0.0175. The third kappa shape index (κ3) is 6.70. The summed E-state index contributed by atoms with van der Waals surface area (Å²) in [7, 11) is 3.29. The molecule has 4 fully saturated rings. The van der Waals surface area contributed by atoms with Gasteiger partial charge >= 0.3 is 12.1 Å². The SMILES string of the molecule is COCOc1cc(-c2ncc3c(N4C[C@H]5CC[C@@H](C4)N5C(=O)OC(C)(C)C)nc(OCC45CCCN4CC(OC)C5)nc3c2F)c2c(Cl)cccc2c1. The summed E-state index contributed by atoms with van der Waals surface area (Å²) in [6, 6.07) is 8.96. The summed E-state index contributed by atoms with van der Waals surface area (Å²) in [4.78, 5) is 34.1.